The molecule has 2 unspecified atom stereocenters. The van der Waals surface area contributed by atoms with Crippen molar-refractivity contribution in [1.82, 2.24) is 0 Å². The molecule has 3 N–H and O–H groups in total. The molecule has 5 heteroatoms. The molecule has 0 aliphatic carbocycles. The van der Waals surface area contributed by atoms with E-state index in [0.717, 1.165) is 19.4 Å². The monoisotopic (exact) mass is 635 g/mol. The van der Waals surface area contributed by atoms with Gasteiger partial charge in [0.15, 0.2) is 0 Å². The van der Waals surface area contributed by atoms with Crippen molar-refractivity contribution >= 4 is 17.0 Å². The van der Waals surface area contributed by atoms with E-state index in [1.807, 2.05) is 6.92 Å². The summed E-state index contributed by atoms with van der Waals surface area (Å²) in [5.41, 5.74) is 5.45. The van der Waals surface area contributed by atoms with E-state index in [1.165, 1.54) is 141 Å². The lowest BCUT2D eigenvalue weighted by Gasteiger charge is -2.43. The van der Waals surface area contributed by atoms with Gasteiger partial charge < -0.3 is 20.3 Å². The molecule has 2 atom stereocenters. The second-order valence-electron chi connectivity index (χ2n) is 12.8. The molecule has 0 heterocycles. The summed E-state index contributed by atoms with van der Waals surface area (Å²) in [7, 11) is 0. The van der Waals surface area contributed by atoms with Crippen molar-refractivity contribution in [2.45, 2.75) is 199 Å². The zero-order valence-electron chi connectivity index (χ0n) is 27.8. The van der Waals surface area contributed by atoms with E-state index in [4.69, 9.17) is 15.2 Å². The number of hydrogen-bond acceptors (Lipinski definition) is 4. The van der Waals surface area contributed by atoms with Crippen molar-refractivity contribution in [2.24, 2.45) is 5.73 Å². The summed E-state index contributed by atoms with van der Waals surface area (Å²) in [5.74, 6) is 0. The Morgan fingerprint density at radius 2 is 0.850 bits per heavy atom. The van der Waals surface area contributed by atoms with Gasteiger partial charge in [-0.15, -0.1) is 17.0 Å². The van der Waals surface area contributed by atoms with Crippen LogP contribution in [0.3, 0.4) is 0 Å². The van der Waals surface area contributed by atoms with Crippen LogP contribution >= 0.6 is 17.0 Å². The van der Waals surface area contributed by atoms with E-state index in [-0.39, 0.29) is 23.6 Å². The van der Waals surface area contributed by atoms with Crippen molar-refractivity contribution in [3.8, 4) is 0 Å². The minimum Gasteiger partial charge on any atom is -0.396 e. The van der Waals surface area contributed by atoms with Crippen LogP contribution in [0, 0.1) is 0 Å². The summed E-state index contributed by atoms with van der Waals surface area (Å²) >= 11 is 0. The predicted octanol–water partition coefficient (Wildman–Crippen LogP) is 10.9. The highest BCUT2D eigenvalue weighted by molar-refractivity contribution is 8.93. The Morgan fingerprint density at radius 3 is 1.20 bits per heavy atom. The van der Waals surface area contributed by atoms with Gasteiger partial charge in [-0.2, -0.15) is 0 Å². The molecule has 0 aliphatic rings. The lowest BCUT2D eigenvalue weighted by Crippen LogP contribution is -2.61. The van der Waals surface area contributed by atoms with Gasteiger partial charge in [0.25, 0.3) is 0 Å². The average Bonchev–Trinajstić information content (AvgIpc) is 2.91. The fourth-order valence-corrected chi connectivity index (χ4v) is 5.42. The zero-order valence-corrected chi connectivity index (χ0v) is 29.5. The normalized spacial score (nSPS) is 14.6. The number of ether oxygens (including phenoxy) is 2. The topological polar surface area (TPSA) is 64.7 Å². The van der Waals surface area contributed by atoms with Gasteiger partial charge in [-0.05, 0) is 33.1 Å². The fourth-order valence-electron chi connectivity index (χ4n) is 5.42. The standard InChI is InChI=1S/C35H73NO3.BrH/c1-5-7-9-11-13-15-17-19-21-23-25-27-31-38-33-35(4,34(3,36)29-30-37)39-32-28-26-24-22-20-18-16-14-12-10-8-6-2;/h37H,5-33,36H2,1-4H3;1H. The summed E-state index contributed by atoms with van der Waals surface area (Å²) in [6, 6.07) is 0. The second-order valence-corrected chi connectivity index (χ2v) is 12.8. The van der Waals surface area contributed by atoms with Crippen LogP contribution in [0.2, 0.25) is 0 Å². The van der Waals surface area contributed by atoms with Gasteiger partial charge in [-0.25, -0.2) is 0 Å². The number of hydrogen-bond donors (Lipinski definition) is 2. The SMILES string of the molecule is Br.CCCCCCCCCCCCCCOCC(C)(OCCCCCCCCCCCCCC)C(C)(N)CCO. The van der Waals surface area contributed by atoms with Crippen LogP contribution < -0.4 is 5.73 Å². The molecule has 0 aromatic carbocycles. The summed E-state index contributed by atoms with van der Waals surface area (Å²) < 4.78 is 12.5. The van der Waals surface area contributed by atoms with Crippen molar-refractivity contribution in [3.05, 3.63) is 0 Å². The number of unbranched alkanes of at least 4 members (excludes halogenated alkanes) is 22. The van der Waals surface area contributed by atoms with Crippen molar-refractivity contribution in [3.63, 3.8) is 0 Å². The molecule has 244 valence electrons. The molecule has 0 saturated carbocycles. The maximum atomic E-state index is 9.57. The number of aliphatic hydroxyl groups excluding tert-OH is 1. The van der Waals surface area contributed by atoms with Gasteiger partial charge in [-0.3, -0.25) is 0 Å². The number of nitrogens with two attached hydrogens (primary N) is 1. The van der Waals surface area contributed by atoms with Crippen LogP contribution in [0.1, 0.15) is 188 Å². The van der Waals surface area contributed by atoms with Gasteiger partial charge in [0.05, 0.1) is 6.61 Å². The largest absolute Gasteiger partial charge is 0.396 e. The Bertz CT molecular complexity index is 491. The number of rotatable bonds is 32. The predicted molar refractivity (Wildman–Crippen MR) is 182 cm³/mol. The van der Waals surface area contributed by atoms with Gasteiger partial charge >= 0.3 is 0 Å². The second kappa shape index (κ2) is 30.8. The summed E-state index contributed by atoms with van der Waals surface area (Å²) in [4.78, 5) is 0. The molecule has 0 fully saturated rings. The minimum atomic E-state index is -0.616. The van der Waals surface area contributed by atoms with E-state index in [2.05, 4.69) is 20.8 Å². The smallest absolute Gasteiger partial charge is 0.106 e. The van der Waals surface area contributed by atoms with Gasteiger partial charge in [0.1, 0.15) is 5.60 Å². The molecule has 0 aromatic heterocycles. The molecule has 4 nitrogen and oxygen atoms in total. The molecule has 40 heavy (non-hydrogen) atoms. The van der Waals surface area contributed by atoms with Crippen LogP contribution in [0.15, 0.2) is 0 Å². The van der Waals surface area contributed by atoms with E-state index in [0.29, 0.717) is 19.6 Å². The zero-order chi connectivity index (χ0) is 28.9. The van der Waals surface area contributed by atoms with Gasteiger partial charge in [0.2, 0.25) is 0 Å². The molecule has 0 spiro atoms. The summed E-state index contributed by atoms with van der Waals surface area (Å²) in [6.07, 6.45) is 32.8. The Kier molecular flexibility index (Phi) is 32.7. The lowest BCUT2D eigenvalue weighted by molar-refractivity contribution is -0.130. The highest BCUT2D eigenvalue weighted by Gasteiger charge is 2.42. The van der Waals surface area contributed by atoms with E-state index >= 15 is 0 Å². The first-order valence-corrected chi connectivity index (χ1v) is 17.5. The Morgan fingerprint density at radius 1 is 0.525 bits per heavy atom. The number of halogens is 1. The van der Waals surface area contributed by atoms with E-state index in [9.17, 15) is 5.11 Å². The van der Waals surface area contributed by atoms with Crippen LogP contribution in [0.25, 0.3) is 0 Å². The van der Waals surface area contributed by atoms with Crippen molar-refractivity contribution in [1.29, 1.82) is 0 Å². The van der Waals surface area contributed by atoms with Crippen molar-refractivity contribution in [2.75, 3.05) is 26.4 Å². The molecular formula is C35H74BrNO3. The molecule has 0 bridgehead atoms. The molecular weight excluding hydrogens is 562 g/mol. The molecule has 0 radical (unpaired) electrons. The first kappa shape index (κ1) is 42.5. The van der Waals surface area contributed by atoms with E-state index in [1.54, 1.807) is 0 Å². The van der Waals surface area contributed by atoms with Gasteiger partial charge in [-0.1, -0.05) is 155 Å². The Hall–Kier alpha value is 0.320. The lowest BCUT2D eigenvalue weighted by atomic mass is 9.81. The van der Waals surface area contributed by atoms with Crippen LogP contribution in [-0.2, 0) is 9.47 Å². The highest BCUT2D eigenvalue weighted by atomic mass is 79.9. The summed E-state index contributed by atoms with van der Waals surface area (Å²) in [5, 5.41) is 9.57. The average molecular weight is 637 g/mol. The molecule has 0 aliphatic heterocycles. The number of aliphatic hydroxyl groups is 1. The maximum absolute atomic E-state index is 9.57. The molecule has 0 saturated heterocycles. The fraction of sp³-hybridized carbons (Fsp3) is 1.00. The molecule has 0 amide bonds. The third kappa shape index (κ3) is 24.9. The highest BCUT2D eigenvalue weighted by Crippen LogP contribution is 2.28. The Balaban J connectivity index is 0. The molecule has 0 rings (SSSR count). The first-order chi connectivity index (χ1) is 18.9. The van der Waals surface area contributed by atoms with Crippen molar-refractivity contribution < 1.29 is 14.6 Å². The quantitative estimate of drug-likeness (QED) is 0.0721. The maximum Gasteiger partial charge on any atom is 0.106 e. The molecule has 0 aromatic rings. The van der Waals surface area contributed by atoms with Crippen LogP contribution in [0.4, 0.5) is 0 Å². The third-order valence-corrected chi connectivity index (χ3v) is 8.78. The first-order valence-electron chi connectivity index (χ1n) is 17.5. The Labute approximate surface area is 262 Å². The van der Waals surface area contributed by atoms with E-state index < -0.39 is 11.1 Å². The van der Waals surface area contributed by atoms with Crippen LogP contribution in [0.5, 0.6) is 0 Å². The minimum absolute atomic E-state index is 0. The summed E-state index contributed by atoms with van der Waals surface area (Å²) in [6.45, 7) is 10.7. The third-order valence-electron chi connectivity index (χ3n) is 8.78. The van der Waals surface area contributed by atoms with Crippen LogP contribution in [-0.4, -0.2) is 42.7 Å². The van der Waals surface area contributed by atoms with Gasteiger partial charge in [0, 0.05) is 25.4 Å².